The molecule has 0 N–H and O–H groups in total. The van der Waals surface area contributed by atoms with Crippen LogP contribution in [0.25, 0.3) is 0 Å². The molecule has 0 aliphatic carbocycles. The minimum atomic E-state index is 0.809. The zero-order valence-corrected chi connectivity index (χ0v) is 13.5. The number of aryl methyl sites for hydroxylation is 2. The number of hydrogen-bond donors (Lipinski definition) is 0. The van der Waals surface area contributed by atoms with E-state index in [1.54, 1.807) is 0 Å². The van der Waals surface area contributed by atoms with Crippen LogP contribution in [0.1, 0.15) is 44.1 Å². The van der Waals surface area contributed by atoms with Crippen molar-refractivity contribution in [3.8, 4) is 0 Å². The van der Waals surface area contributed by atoms with Gasteiger partial charge in [-0.1, -0.05) is 13.3 Å². The molecule has 0 saturated carbocycles. The van der Waals surface area contributed by atoms with Gasteiger partial charge in [0.2, 0.25) is 0 Å². The molecule has 0 aromatic carbocycles. The monoisotopic (exact) mass is 288 g/mol. The van der Waals surface area contributed by atoms with Gasteiger partial charge in [0.15, 0.2) is 0 Å². The Bertz CT molecular complexity index is 468. The Morgan fingerprint density at radius 3 is 2.71 bits per heavy atom. The molecule has 1 unspecified atom stereocenters. The van der Waals surface area contributed by atoms with Gasteiger partial charge in [0, 0.05) is 31.4 Å². The van der Waals surface area contributed by atoms with Crippen molar-refractivity contribution < 1.29 is 0 Å². The fourth-order valence-electron chi connectivity index (χ4n) is 3.65. The summed E-state index contributed by atoms with van der Waals surface area (Å²) in [5, 5.41) is 0. The SMILES string of the molecule is CCc1cc(N2CCC(CN3CCCCC3)C2)nc(C)n1. The van der Waals surface area contributed by atoms with Gasteiger partial charge in [-0.3, -0.25) is 0 Å². The molecule has 0 radical (unpaired) electrons. The first-order valence-electron chi connectivity index (χ1n) is 8.56. The van der Waals surface area contributed by atoms with Gasteiger partial charge in [0.25, 0.3) is 0 Å². The molecule has 116 valence electrons. The zero-order valence-electron chi connectivity index (χ0n) is 13.5. The fraction of sp³-hybridized carbons (Fsp3) is 0.765. The molecule has 0 spiro atoms. The minimum absolute atomic E-state index is 0.809. The molecule has 1 aromatic heterocycles. The summed E-state index contributed by atoms with van der Waals surface area (Å²) < 4.78 is 0. The number of piperidine rings is 1. The van der Waals surface area contributed by atoms with E-state index in [1.807, 2.05) is 6.92 Å². The van der Waals surface area contributed by atoms with Crippen LogP contribution < -0.4 is 4.90 Å². The van der Waals surface area contributed by atoms with Gasteiger partial charge >= 0.3 is 0 Å². The van der Waals surface area contributed by atoms with Crippen LogP contribution in [0.15, 0.2) is 6.07 Å². The van der Waals surface area contributed by atoms with Crippen molar-refractivity contribution in [1.29, 1.82) is 0 Å². The molecule has 2 fully saturated rings. The lowest BCUT2D eigenvalue weighted by molar-refractivity contribution is 0.201. The van der Waals surface area contributed by atoms with E-state index in [0.717, 1.165) is 42.8 Å². The Hall–Kier alpha value is -1.16. The topological polar surface area (TPSA) is 32.3 Å². The first-order chi connectivity index (χ1) is 10.2. The molecule has 2 aliphatic heterocycles. The first kappa shape index (κ1) is 14.8. The molecule has 4 nitrogen and oxygen atoms in total. The van der Waals surface area contributed by atoms with Gasteiger partial charge in [-0.2, -0.15) is 0 Å². The largest absolute Gasteiger partial charge is 0.356 e. The lowest BCUT2D eigenvalue weighted by Gasteiger charge is -2.29. The van der Waals surface area contributed by atoms with Crippen LogP contribution in [0.4, 0.5) is 5.82 Å². The van der Waals surface area contributed by atoms with Gasteiger partial charge in [-0.05, 0) is 51.6 Å². The van der Waals surface area contributed by atoms with E-state index in [4.69, 9.17) is 0 Å². The normalized spacial score (nSPS) is 23.7. The number of hydrogen-bond acceptors (Lipinski definition) is 4. The van der Waals surface area contributed by atoms with Gasteiger partial charge in [0.05, 0.1) is 0 Å². The summed E-state index contributed by atoms with van der Waals surface area (Å²) in [7, 11) is 0. The molecule has 3 heterocycles. The predicted octanol–water partition coefficient (Wildman–Crippen LogP) is 2.66. The van der Waals surface area contributed by atoms with E-state index in [2.05, 4.69) is 32.8 Å². The van der Waals surface area contributed by atoms with E-state index >= 15 is 0 Å². The van der Waals surface area contributed by atoms with Crippen LogP contribution in [0.2, 0.25) is 0 Å². The highest BCUT2D eigenvalue weighted by Gasteiger charge is 2.26. The van der Waals surface area contributed by atoms with Crippen LogP contribution in [-0.4, -0.2) is 47.6 Å². The Labute approximate surface area is 128 Å². The Morgan fingerprint density at radius 1 is 1.14 bits per heavy atom. The lowest BCUT2D eigenvalue weighted by Crippen LogP contribution is -2.35. The van der Waals surface area contributed by atoms with Crippen LogP contribution in [0.3, 0.4) is 0 Å². The van der Waals surface area contributed by atoms with Crippen LogP contribution >= 0.6 is 0 Å². The fourth-order valence-corrected chi connectivity index (χ4v) is 3.65. The van der Waals surface area contributed by atoms with E-state index < -0.39 is 0 Å². The van der Waals surface area contributed by atoms with Gasteiger partial charge in [-0.15, -0.1) is 0 Å². The van der Waals surface area contributed by atoms with Crippen LogP contribution in [-0.2, 0) is 6.42 Å². The maximum atomic E-state index is 4.65. The smallest absolute Gasteiger partial charge is 0.132 e. The summed E-state index contributed by atoms with van der Waals surface area (Å²) in [5.74, 6) is 2.85. The molecule has 3 rings (SSSR count). The van der Waals surface area contributed by atoms with Crippen molar-refractivity contribution in [3.63, 3.8) is 0 Å². The molecule has 1 aromatic rings. The van der Waals surface area contributed by atoms with Crippen LogP contribution in [0.5, 0.6) is 0 Å². The molecule has 1 atom stereocenters. The molecule has 2 aliphatic rings. The van der Waals surface area contributed by atoms with E-state index in [1.165, 1.54) is 45.3 Å². The standard InChI is InChI=1S/C17H28N4/c1-3-16-11-17(19-14(2)18-16)21-10-7-15(13-21)12-20-8-5-4-6-9-20/h11,15H,3-10,12-13H2,1-2H3. The average Bonchev–Trinajstić information content (AvgIpc) is 2.96. The van der Waals surface area contributed by atoms with Crippen LogP contribution in [0, 0.1) is 12.8 Å². The number of rotatable bonds is 4. The van der Waals surface area contributed by atoms with Crippen molar-refractivity contribution in [3.05, 3.63) is 17.6 Å². The molecule has 0 bridgehead atoms. The van der Waals surface area contributed by atoms with Crippen molar-refractivity contribution in [2.75, 3.05) is 37.6 Å². The average molecular weight is 288 g/mol. The van der Waals surface area contributed by atoms with Gasteiger partial charge in [-0.25, -0.2) is 9.97 Å². The molecule has 21 heavy (non-hydrogen) atoms. The molecule has 0 amide bonds. The van der Waals surface area contributed by atoms with E-state index in [0.29, 0.717) is 0 Å². The lowest BCUT2D eigenvalue weighted by atomic mass is 10.1. The summed E-state index contributed by atoms with van der Waals surface area (Å²) in [4.78, 5) is 14.3. The Kier molecular flexibility index (Phi) is 4.73. The maximum Gasteiger partial charge on any atom is 0.132 e. The van der Waals surface area contributed by atoms with E-state index in [-0.39, 0.29) is 0 Å². The predicted molar refractivity (Wildman–Crippen MR) is 86.8 cm³/mol. The number of nitrogens with zero attached hydrogens (tertiary/aromatic N) is 4. The van der Waals surface area contributed by atoms with Crippen molar-refractivity contribution >= 4 is 5.82 Å². The zero-order chi connectivity index (χ0) is 14.7. The second-order valence-electron chi connectivity index (χ2n) is 6.58. The highest BCUT2D eigenvalue weighted by molar-refractivity contribution is 5.41. The van der Waals surface area contributed by atoms with Gasteiger partial charge < -0.3 is 9.80 Å². The number of anilines is 1. The third-order valence-corrected chi connectivity index (χ3v) is 4.81. The summed E-state index contributed by atoms with van der Waals surface area (Å²) in [6, 6.07) is 2.18. The highest BCUT2D eigenvalue weighted by atomic mass is 15.2. The van der Waals surface area contributed by atoms with Crippen molar-refractivity contribution in [2.45, 2.75) is 46.0 Å². The Balaban J connectivity index is 1.59. The quantitative estimate of drug-likeness (QED) is 0.852. The molecular weight excluding hydrogens is 260 g/mol. The maximum absolute atomic E-state index is 4.65. The minimum Gasteiger partial charge on any atom is -0.356 e. The summed E-state index contributed by atoms with van der Waals surface area (Å²) in [6.45, 7) is 10.4. The first-order valence-corrected chi connectivity index (χ1v) is 8.56. The highest BCUT2D eigenvalue weighted by Crippen LogP contribution is 2.24. The summed E-state index contributed by atoms with van der Waals surface area (Å²) in [5.41, 5.74) is 1.16. The second kappa shape index (κ2) is 6.73. The summed E-state index contributed by atoms with van der Waals surface area (Å²) >= 11 is 0. The molecular formula is C17H28N4. The van der Waals surface area contributed by atoms with Crippen molar-refractivity contribution in [2.24, 2.45) is 5.92 Å². The number of aromatic nitrogens is 2. The van der Waals surface area contributed by atoms with E-state index in [9.17, 15) is 0 Å². The number of likely N-dealkylation sites (tertiary alicyclic amines) is 1. The summed E-state index contributed by atoms with van der Waals surface area (Å²) in [6.07, 6.45) is 6.50. The third kappa shape index (κ3) is 3.73. The van der Waals surface area contributed by atoms with Gasteiger partial charge in [0.1, 0.15) is 11.6 Å². The molecule has 2 saturated heterocycles. The molecule has 4 heteroatoms. The Morgan fingerprint density at radius 2 is 1.95 bits per heavy atom. The van der Waals surface area contributed by atoms with Crippen molar-refractivity contribution in [1.82, 2.24) is 14.9 Å². The second-order valence-corrected chi connectivity index (χ2v) is 6.58. The third-order valence-electron chi connectivity index (χ3n) is 4.81.